The molecule has 6 heterocycles. The molecule has 2 bridgehead atoms. The van der Waals surface area contributed by atoms with Crippen molar-refractivity contribution in [2.24, 2.45) is 0 Å². The van der Waals surface area contributed by atoms with Crippen molar-refractivity contribution in [1.29, 1.82) is 0 Å². The van der Waals surface area contributed by atoms with Gasteiger partial charge in [0.1, 0.15) is 34.6 Å². The molecule has 4 aliphatic heterocycles. The Morgan fingerprint density at radius 2 is 1.93 bits per heavy atom. The number of piperazine rings is 1. The van der Waals surface area contributed by atoms with E-state index < -0.39 is 17.5 Å². The van der Waals surface area contributed by atoms with Crippen molar-refractivity contribution in [2.45, 2.75) is 69.2 Å². The van der Waals surface area contributed by atoms with Crippen molar-refractivity contribution in [3.8, 4) is 28.8 Å². The fourth-order valence-electron chi connectivity index (χ4n) is 8.15. The summed E-state index contributed by atoms with van der Waals surface area (Å²) < 4.78 is 46.2. The third kappa shape index (κ3) is 4.41. The molecule has 0 amide bonds. The zero-order valence-corrected chi connectivity index (χ0v) is 24.6. The predicted octanol–water partition coefficient (Wildman–Crippen LogP) is 5.86. The van der Waals surface area contributed by atoms with Crippen LogP contribution in [0.2, 0.25) is 0 Å². The predicted molar refractivity (Wildman–Crippen MR) is 166 cm³/mol. The van der Waals surface area contributed by atoms with Gasteiger partial charge in [0.25, 0.3) is 0 Å². The Kier molecular flexibility index (Phi) is 6.51. The summed E-state index contributed by atoms with van der Waals surface area (Å²) in [5, 5.41) is 15.9. The van der Waals surface area contributed by atoms with Gasteiger partial charge in [0, 0.05) is 55.3 Å². The molecule has 4 aromatic rings. The Hall–Kier alpha value is -3.87. The van der Waals surface area contributed by atoms with Crippen molar-refractivity contribution >= 4 is 27.4 Å². The number of fused-ring (bicyclic) bond motifs is 5. The Morgan fingerprint density at radius 3 is 2.73 bits per heavy atom. The second kappa shape index (κ2) is 10.4. The summed E-state index contributed by atoms with van der Waals surface area (Å²) in [6, 6.07) is 8.59. The van der Waals surface area contributed by atoms with E-state index in [0.29, 0.717) is 64.4 Å². The first-order chi connectivity index (χ1) is 21.3. The van der Waals surface area contributed by atoms with E-state index in [2.05, 4.69) is 31.9 Å². The van der Waals surface area contributed by atoms with Gasteiger partial charge in [-0.05, 0) is 85.2 Å². The van der Waals surface area contributed by atoms with Gasteiger partial charge in [-0.15, -0.1) is 0 Å². The molecule has 226 valence electrons. The molecule has 4 atom stereocenters. The van der Waals surface area contributed by atoms with Crippen LogP contribution in [0, 0.1) is 23.5 Å². The molecule has 4 saturated heterocycles. The lowest BCUT2D eigenvalue weighted by Crippen LogP contribution is -2.51. The van der Waals surface area contributed by atoms with Crippen LogP contribution in [-0.2, 0) is 6.42 Å². The molecular formula is C35H34F3N5O. The molecule has 2 unspecified atom stereocenters. The summed E-state index contributed by atoms with van der Waals surface area (Å²) >= 11 is 0. The van der Waals surface area contributed by atoms with E-state index in [1.165, 1.54) is 12.1 Å². The van der Waals surface area contributed by atoms with Crippen LogP contribution in [0.4, 0.5) is 18.9 Å². The number of phenols is 1. The van der Waals surface area contributed by atoms with E-state index in [1.54, 1.807) is 18.3 Å². The van der Waals surface area contributed by atoms with Gasteiger partial charge in [-0.2, -0.15) is 0 Å². The number of rotatable bonds is 3. The van der Waals surface area contributed by atoms with Crippen LogP contribution in [0.25, 0.3) is 32.9 Å². The molecule has 2 aromatic carbocycles. The molecule has 0 aliphatic carbocycles. The van der Waals surface area contributed by atoms with Crippen LogP contribution < -0.4 is 10.2 Å². The van der Waals surface area contributed by atoms with Gasteiger partial charge < -0.3 is 15.3 Å². The Labute approximate surface area is 254 Å². The standard InChI is InChI=1S/C35H34F3N5O/c1-2-26-29(37)7-4-20-12-25(44)14-27(31(20)26)33-32(38)34-28(16-39-33)30(42-18-23-5-6-24(19-42)40-23)13-22(41-34)8-10-35-9-3-11-43(35)17-21(36)15-35/h4,7,12-14,16,21,23-24,40,44H,2-3,5-6,9,11,15,17-19H2,1H3/t21?,23-,24+,35?. The van der Waals surface area contributed by atoms with Gasteiger partial charge in [0.05, 0.1) is 11.2 Å². The van der Waals surface area contributed by atoms with Gasteiger partial charge in [-0.25, -0.2) is 18.2 Å². The Balaban J connectivity index is 1.33. The van der Waals surface area contributed by atoms with Crippen LogP contribution in [-0.4, -0.2) is 69.9 Å². The number of anilines is 1. The minimum Gasteiger partial charge on any atom is -0.508 e. The monoisotopic (exact) mass is 597 g/mol. The fraction of sp³-hybridized carbons (Fsp3) is 0.429. The zero-order valence-electron chi connectivity index (χ0n) is 24.6. The highest BCUT2D eigenvalue weighted by molar-refractivity contribution is 6.02. The maximum absolute atomic E-state index is 16.8. The van der Waals surface area contributed by atoms with E-state index in [4.69, 9.17) is 4.98 Å². The summed E-state index contributed by atoms with van der Waals surface area (Å²) in [4.78, 5) is 13.8. The zero-order chi connectivity index (χ0) is 30.2. The van der Waals surface area contributed by atoms with Crippen LogP contribution in [0.1, 0.15) is 50.3 Å². The number of halogens is 3. The maximum atomic E-state index is 16.8. The largest absolute Gasteiger partial charge is 0.508 e. The van der Waals surface area contributed by atoms with Gasteiger partial charge in [0.15, 0.2) is 5.82 Å². The molecule has 2 N–H and O–H groups in total. The average Bonchev–Trinajstić information content (AvgIpc) is 3.66. The maximum Gasteiger partial charge on any atom is 0.175 e. The number of alkyl halides is 1. The number of nitrogens with one attached hydrogen (secondary N) is 1. The Morgan fingerprint density at radius 1 is 1.11 bits per heavy atom. The van der Waals surface area contributed by atoms with E-state index in [1.807, 2.05) is 13.0 Å². The number of hydrogen-bond donors (Lipinski definition) is 2. The summed E-state index contributed by atoms with van der Waals surface area (Å²) in [7, 11) is 0. The lowest BCUT2D eigenvalue weighted by Gasteiger charge is -2.35. The number of hydrogen-bond acceptors (Lipinski definition) is 6. The third-order valence-corrected chi connectivity index (χ3v) is 10.1. The summed E-state index contributed by atoms with van der Waals surface area (Å²) in [6.07, 6.45) is 5.48. The molecule has 6 nitrogen and oxygen atoms in total. The molecule has 8 rings (SSSR count). The molecule has 0 spiro atoms. The number of benzene rings is 2. The minimum atomic E-state index is -0.901. The van der Waals surface area contributed by atoms with Crippen molar-refractivity contribution in [2.75, 3.05) is 31.1 Å². The smallest absolute Gasteiger partial charge is 0.175 e. The Bertz CT molecular complexity index is 1870. The fourth-order valence-corrected chi connectivity index (χ4v) is 8.15. The van der Waals surface area contributed by atoms with E-state index in [9.17, 15) is 13.9 Å². The quantitative estimate of drug-likeness (QED) is 0.289. The first kappa shape index (κ1) is 27.7. The number of pyridine rings is 2. The first-order valence-electron chi connectivity index (χ1n) is 15.7. The molecule has 4 fully saturated rings. The van der Waals surface area contributed by atoms with Crippen LogP contribution in [0.5, 0.6) is 5.75 Å². The average molecular weight is 598 g/mol. The van der Waals surface area contributed by atoms with Crippen molar-refractivity contribution < 1.29 is 18.3 Å². The normalized spacial score (nSPS) is 26.4. The summed E-state index contributed by atoms with van der Waals surface area (Å²) in [5.41, 5.74) is 1.63. The van der Waals surface area contributed by atoms with E-state index >= 15 is 4.39 Å². The molecular weight excluding hydrogens is 563 g/mol. The SMILES string of the molecule is CCc1c(F)ccc2cc(O)cc(-c3ncc4c(N5C[C@H]6CC[C@@H](C5)N6)cc(C#CC56CCCN5CC(F)C6)nc4c3F)c12. The molecule has 0 saturated carbocycles. The highest BCUT2D eigenvalue weighted by Crippen LogP contribution is 2.41. The van der Waals surface area contributed by atoms with E-state index in [0.717, 1.165) is 51.0 Å². The molecule has 44 heavy (non-hydrogen) atoms. The third-order valence-electron chi connectivity index (χ3n) is 10.1. The molecule has 2 aromatic heterocycles. The first-order valence-corrected chi connectivity index (χ1v) is 15.7. The lowest BCUT2D eigenvalue weighted by molar-refractivity contribution is 0.255. The number of phenolic OH excluding ortho intramolecular Hbond substituents is 1. The number of nitrogens with zero attached hydrogens (tertiary/aromatic N) is 4. The summed E-state index contributed by atoms with van der Waals surface area (Å²) in [6.45, 7) is 4.64. The number of aromatic nitrogens is 2. The number of aromatic hydroxyl groups is 1. The highest BCUT2D eigenvalue weighted by Gasteiger charge is 2.47. The second-order valence-corrected chi connectivity index (χ2v) is 12.9. The van der Waals surface area contributed by atoms with E-state index in [-0.39, 0.29) is 22.8 Å². The van der Waals surface area contributed by atoms with Crippen LogP contribution >= 0.6 is 0 Å². The van der Waals surface area contributed by atoms with Crippen molar-refractivity contribution in [1.82, 2.24) is 20.2 Å². The topological polar surface area (TPSA) is 64.5 Å². The molecule has 9 heteroatoms. The van der Waals surface area contributed by atoms with Crippen LogP contribution in [0.3, 0.4) is 0 Å². The minimum absolute atomic E-state index is 0.000680. The van der Waals surface area contributed by atoms with Gasteiger partial charge in [0.2, 0.25) is 0 Å². The lowest BCUT2D eigenvalue weighted by atomic mass is 9.94. The molecule has 0 radical (unpaired) electrons. The molecule has 4 aliphatic rings. The van der Waals surface area contributed by atoms with Crippen molar-refractivity contribution in [3.63, 3.8) is 0 Å². The van der Waals surface area contributed by atoms with Crippen LogP contribution in [0.15, 0.2) is 36.5 Å². The van der Waals surface area contributed by atoms with Gasteiger partial charge in [-0.1, -0.05) is 18.9 Å². The highest BCUT2D eigenvalue weighted by atomic mass is 19.1. The van der Waals surface area contributed by atoms with Crippen molar-refractivity contribution in [3.05, 3.63) is 59.4 Å². The second-order valence-electron chi connectivity index (χ2n) is 12.9. The van der Waals surface area contributed by atoms with Gasteiger partial charge in [-0.3, -0.25) is 9.88 Å². The summed E-state index contributed by atoms with van der Waals surface area (Å²) in [5.74, 6) is 5.53. The van der Waals surface area contributed by atoms with Gasteiger partial charge >= 0.3 is 0 Å². The number of aryl methyl sites for hydroxylation is 1.